The van der Waals surface area contributed by atoms with Crippen molar-refractivity contribution in [1.82, 2.24) is 0 Å². The lowest BCUT2D eigenvalue weighted by atomic mass is 10.1. The summed E-state index contributed by atoms with van der Waals surface area (Å²) in [5, 5.41) is 10.6. The van der Waals surface area contributed by atoms with Crippen LogP contribution in [0.4, 0.5) is 0 Å². The van der Waals surface area contributed by atoms with Crippen LogP contribution in [0.2, 0.25) is 0 Å². The van der Waals surface area contributed by atoms with Crippen molar-refractivity contribution in [3.05, 3.63) is 48.6 Å². The molecule has 0 heterocycles. The van der Waals surface area contributed by atoms with Crippen molar-refractivity contribution in [1.29, 1.82) is 0 Å². The quantitative estimate of drug-likeness (QED) is 0.0169. The van der Waals surface area contributed by atoms with Crippen molar-refractivity contribution < 1.29 is 80.2 Å². The number of esters is 4. The number of carbonyl (C=O) groups excluding carboxylic acids is 4. The van der Waals surface area contributed by atoms with Gasteiger partial charge in [0.25, 0.3) is 0 Å². The second kappa shape index (κ2) is 74.3. The van der Waals surface area contributed by atoms with Crippen LogP contribution in [0.5, 0.6) is 0 Å². The van der Waals surface area contributed by atoms with Gasteiger partial charge in [-0.05, 0) is 128 Å². The van der Waals surface area contributed by atoms with Gasteiger partial charge in [-0.25, -0.2) is 9.13 Å². The van der Waals surface area contributed by atoms with Crippen molar-refractivity contribution in [2.24, 2.45) is 0 Å². The third kappa shape index (κ3) is 73.3. The smallest absolute Gasteiger partial charge is 0.462 e. The maximum absolute atomic E-state index is 13.1. The van der Waals surface area contributed by atoms with Crippen LogP contribution in [-0.2, 0) is 65.4 Å². The largest absolute Gasteiger partial charge is 0.472 e. The van der Waals surface area contributed by atoms with E-state index in [-0.39, 0.29) is 25.7 Å². The maximum atomic E-state index is 13.1. The van der Waals surface area contributed by atoms with Crippen molar-refractivity contribution in [3.8, 4) is 0 Å². The number of phosphoric acid groups is 2. The number of unbranched alkanes of at least 4 members (excludes halogenated alkanes) is 44. The zero-order chi connectivity index (χ0) is 73.2. The van der Waals surface area contributed by atoms with Gasteiger partial charge in [0.15, 0.2) is 12.2 Å². The molecule has 0 radical (unpaired) electrons. The van der Waals surface area contributed by atoms with E-state index in [4.69, 9.17) is 37.0 Å². The molecule has 0 aromatic carbocycles. The van der Waals surface area contributed by atoms with Gasteiger partial charge in [0, 0.05) is 25.7 Å². The molecular formula is C81H150O17P2. The summed E-state index contributed by atoms with van der Waals surface area (Å²) in [5.74, 6) is -2.17. The molecule has 3 N–H and O–H groups in total. The van der Waals surface area contributed by atoms with Crippen LogP contribution >= 0.6 is 15.6 Å². The molecule has 5 atom stereocenters. The maximum Gasteiger partial charge on any atom is 0.472 e. The fourth-order valence-corrected chi connectivity index (χ4v) is 13.0. The summed E-state index contributed by atoms with van der Waals surface area (Å²) in [7, 11) is -9.94. The minimum absolute atomic E-state index is 0.0886. The highest BCUT2D eigenvalue weighted by molar-refractivity contribution is 7.47. The Hall–Kier alpha value is -2.98. The summed E-state index contributed by atoms with van der Waals surface area (Å²) in [6.07, 6.45) is 72.2. The van der Waals surface area contributed by atoms with Crippen molar-refractivity contribution in [3.63, 3.8) is 0 Å². The molecule has 0 aromatic heterocycles. The Balaban J connectivity index is 5.34. The molecule has 0 fully saturated rings. The van der Waals surface area contributed by atoms with Gasteiger partial charge >= 0.3 is 39.5 Å². The molecule has 0 bridgehead atoms. The van der Waals surface area contributed by atoms with Crippen molar-refractivity contribution in [2.45, 2.75) is 406 Å². The molecule has 0 aliphatic rings. The highest BCUT2D eigenvalue weighted by Crippen LogP contribution is 2.45. The zero-order valence-corrected chi connectivity index (χ0v) is 65.9. The average Bonchev–Trinajstić information content (AvgIpc) is 1.25. The minimum Gasteiger partial charge on any atom is -0.462 e. The lowest BCUT2D eigenvalue weighted by Crippen LogP contribution is -2.30. The van der Waals surface area contributed by atoms with Gasteiger partial charge in [0.2, 0.25) is 0 Å². The molecule has 17 nitrogen and oxygen atoms in total. The van der Waals surface area contributed by atoms with Crippen LogP contribution in [0.25, 0.3) is 0 Å². The Morgan fingerprint density at radius 1 is 0.270 bits per heavy atom. The number of aliphatic hydroxyl groups excluding tert-OH is 1. The normalized spacial score (nSPS) is 14.1. The summed E-state index contributed by atoms with van der Waals surface area (Å²) in [6, 6.07) is 0. The van der Waals surface area contributed by atoms with Gasteiger partial charge in [0.1, 0.15) is 19.3 Å². The second-order valence-corrected chi connectivity index (χ2v) is 30.6. The van der Waals surface area contributed by atoms with Gasteiger partial charge in [-0.15, -0.1) is 0 Å². The first-order valence-corrected chi connectivity index (χ1v) is 43.9. The molecule has 19 heteroatoms. The molecular weight excluding hydrogens is 1310 g/mol. The fraction of sp³-hybridized carbons (Fsp3) is 0.852. The Kier molecular flexibility index (Phi) is 72.1. The molecule has 0 spiro atoms. The van der Waals surface area contributed by atoms with E-state index < -0.39 is 97.5 Å². The molecule has 0 aromatic rings. The topological polar surface area (TPSA) is 237 Å². The summed E-state index contributed by atoms with van der Waals surface area (Å²) < 4.78 is 68.6. The van der Waals surface area contributed by atoms with E-state index in [0.29, 0.717) is 25.7 Å². The molecule has 0 saturated heterocycles. The van der Waals surface area contributed by atoms with Crippen LogP contribution < -0.4 is 0 Å². The third-order valence-electron chi connectivity index (χ3n) is 17.7. The molecule has 2 unspecified atom stereocenters. The Morgan fingerprint density at radius 2 is 0.460 bits per heavy atom. The first-order valence-electron chi connectivity index (χ1n) is 40.9. The highest BCUT2D eigenvalue weighted by atomic mass is 31.2. The molecule has 0 aliphatic heterocycles. The monoisotopic (exact) mass is 1460 g/mol. The van der Waals surface area contributed by atoms with Crippen LogP contribution in [0.15, 0.2) is 48.6 Å². The fourth-order valence-electron chi connectivity index (χ4n) is 11.4. The Labute approximate surface area is 610 Å². The average molecular weight is 1460 g/mol. The number of hydrogen-bond donors (Lipinski definition) is 3. The minimum atomic E-state index is -4.97. The number of rotatable bonds is 78. The predicted octanol–water partition coefficient (Wildman–Crippen LogP) is 23.7. The summed E-state index contributed by atoms with van der Waals surface area (Å²) in [6.45, 7) is 4.90. The number of allylic oxidation sites excluding steroid dienone is 8. The van der Waals surface area contributed by atoms with Crippen molar-refractivity contribution in [2.75, 3.05) is 39.6 Å². The molecule has 100 heavy (non-hydrogen) atoms. The number of carbonyl (C=O) groups is 4. The van der Waals surface area contributed by atoms with Gasteiger partial charge in [-0.1, -0.05) is 282 Å². The standard InChI is InChI=1S/C81H150O17P2/c1-5-9-13-17-21-25-29-33-37-41-45-49-53-57-61-65-78(83)91-71-76(97-80(85)67-63-59-55-51-47-43-39-35-31-27-23-19-15-11-7-3)73-95-99(87,88)93-69-75(82)70-94-100(89,90)96-74-77(98-81(86)68-64-60-56-52-48-44-40-36-32-28-24-20-16-12-8-4)72-92-79(84)66-62-58-54-50-46-42-38-34-30-26-22-18-14-10-6-2/h27,31,33-34,36-38,40,75-77,82H,5-26,28-30,32,35,39,41-74H2,1-4H3,(H,87,88)(H,89,90)/b31-27-,37-33-,38-34-,40-36-/t75-,76+,77+/m0/s1. The first-order chi connectivity index (χ1) is 48.7. The Morgan fingerprint density at radius 3 is 0.700 bits per heavy atom. The highest BCUT2D eigenvalue weighted by Gasteiger charge is 2.30. The van der Waals surface area contributed by atoms with Crippen LogP contribution in [0, 0.1) is 0 Å². The lowest BCUT2D eigenvalue weighted by Gasteiger charge is -2.21. The zero-order valence-electron chi connectivity index (χ0n) is 64.1. The second-order valence-electron chi connectivity index (χ2n) is 27.7. The van der Waals surface area contributed by atoms with Crippen molar-refractivity contribution >= 4 is 39.5 Å². The van der Waals surface area contributed by atoms with Crippen LogP contribution in [-0.4, -0.2) is 96.7 Å². The van der Waals surface area contributed by atoms with E-state index in [1.165, 1.54) is 141 Å². The number of phosphoric ester groups is 2. The molecule has 0 aliphatic carbocycles. The van der Waals surface area contributed by atoms with Crippen LogP contribution in [0.1, 0.15) is 387 Å². The molecule has 0 rings (SSSR count). The van der Waals surface area contributed by atoms with Gasteiger partial charge < -0.3 is 33.8 Å². The SMILES string of the molecule is CCCCCC/C=C\CCCCCCCCCC(=O)O[C@H](COC(=O)CCCCCCC/C=C\CCCCCCCC)COP(=O)(O)OC[C@H](O)COP(=O)(O)OC[C@@H](COC(=O)CCCCCCC/C=C\CCCCCCCC)OC(=O)CCCCCCC/C=C\CCCCCCCC. The van der Waals surface area contributed by atoms with E-state index in [1.807, 2.05) is 0 Å². The van der Waals surface area contributed by atoms with Gasteiger partial charge in [-0.2, -0.15) is 0 Å². The van der Waals surface area contributed by atoms with E-state index in [2.05, 4.69) is 76.3 Å². The third-order valence-corrected chi connectivity index (χ3v) is 19.6. The number of ether oxygens (including phenoxy) is 4. The first kappa shape index (κ1) is 97.0. The Bertz CT molecular complexity index is 2080. The van der Waals surface area contributed by atoms with Crippen LogP contribution in [0.3, 0.4) is 0 Å². The van der Waals surface area contributed by atoms with E-state index in [9.17, 15) is 43.2 Å². The van der Waals surface area contributed by atoms with E-state index in [0.717, 1.165) is 167 Å². The van der Waals surface area contributed by atoms with E-state index >= 15 is 0 Å². The summed E-state index contributed by atoms with van der Waals surface area (Å²) in [5.41, 5.74) is 0. The summed E-state index contributed by atoms with van der Waals surface area (Å²) >= 11 is 0. The van der Waals surface area contributed by atoms with E-state index in [1.54, 1.807) is 0 Å². The number of aliphatic hydroxyl groups is 1. The molecule has 586 valence electrons. The molecule has 0 saturated carbocycles. The summed E-state index contributed by atoms with van der Waals surface area (Å²) in [4.78, 5) is 73.0. The van der Waals surface area contributed by atoms with Gasteiger partial charge in [0.05, 0.1) is 26.4 Å². The number of hydrogen-bond acceptors (Lipinski definition) is 15. The molecule has 0 amide bonds. The lowest BCUT2D eigenvalue weighted by molar-refractivity contribution is -0.161. The predicted molar refractivity (Wildman–Crippen MR) is 409 cm³/mol. The van der Waals surface area contributed by atoms with Gasteiger partial charge in [-0.3, -0.25) is 37.3 Å².